The Hall–Kier alpha value is -2.29. The van der Waals surface area contributed by atoms with E-state index in [1.807, 2.05) is 52.0 Å². The molecular formula is C21H24BNO3. The minimum absolute atomic E-state index is 0.206. The number of benzene rings is 2. The van der Waals surface area contributed by atoms with Gasteiger partial charge in [-0.05, 0) is 62.8 Å². The van der Waals surface area contributed by atoms with Gasteiger partial charge in [0.05, 0.1) is 23.2 Å². The van der Waals surface area contributed by atoms with Crippen LogP contribution in [0.1, 0.15) is 44.7 Å². The van der Waals surface area contributed by atoms with Gasteiger partial charge in [-0.15, -0.1) is 0 Å². The SMILES string of the molecule is CC1(C)OB(c2ccc(CC(C#N)c3ccc(O)cc3)cc2)OC1(C)C. The maximum absolute atomic E-state index is 9.50. The Bertz CT molecular complexity index is 791. The summed E-state index contributed by atoms with van der Waals surface area (Å²) < 4.78 is 12.1. The summed E-state index contributed by atoms with van der Waals surface area (Å²) in [5.74, 6) is -0.0458. The first-order valence-electron chi connectivity index (χ1n) is 8.85. The summed E-state index contributed by atoms with van der Waals surface area (Å²) in [6.07, 6.45) is 0.616. The van der Waals surface area contributed by atoms with Crippen molar-refractivity contribution in [2.24, 2.45) is 0 Å². The first-order valence-corrected chi connectivity index (χ1v) is 8.85. The summed E-state index contributed by atoms with van der Waals surface area (Å²) in [4.78, 5) is 0. The average Bonchev–Trinajstić information content (AvgIpc) is 2.82. The molecule has 1 aliphatic heterocycles. The summed E-state index contributed by atoms with van der Waals surface area (Å²) in [5.41, 5.74) is 2.23. The Balaban J connectivity index is 1.72. The molecule has 0 radical (unpaired) electrons. The lowest BCUT2D eigenvalue weighted by Crippen LogP contribution is -2.41. The van der Waals surface area contributed by atoms with E-state index in [1.165, 1.54) is 0 Å². The number of nitrogens with zero attached hydrogens (tertiary/aromatic N) is 1. The van der Waals surface area contributed by atoms with Crippen LogP contribution in [0.15, 0.2) is 48.5 Å². The molecule has 5 heteroatoms. The first kappa shape index (κ1) is 18.5. The minimum Gasteiger partial charge on any atom is -0.508 e. The van der Waals surface area contributed by atoms with E-state index in [1.54, 1.807) is 24.3 Å². The number of nitriles is 1. The number of aromatic hydroxyl groups is 1. The molecule has 1 aliphatic rings. The van der Waals surface area contributed by atoms with Gasteiger partial charge >= 0.3 is 7.12 Å². The normalized spacial score (nSPS) is 19.1. The van der Waals surface area contributed by atoms with Gasteiger partial charge < -0.3 is 14.4 Å². The fourth-order valence-electron chi connectivity index (χ4n) is 2.97. The minimum atomic E-state index is -0.377. The maximum atomic E-state index is 9.50. The average molecular weight is 349 g/mol. The van der Waals surface area contributed by atoms with Crippen molar-refractivity contribution in [1.29, 1.82) is 5.26 Å². The number of rotatable bonds is 4. The van der Waals surface area contributed by atoms with Gasteiger partial charge in [0, 0.05) is 0 Å². The number of hydrogen-bond acceptors (Lipinski definition) is 4. The monoisotopic (exact) mass is 349 g/mol. The third-order valence-corrected chi connectivity index (χ3v) is 5.40. The van der Waals surface area contributed by atoms with Crippen LogP contribution in [0, 0.1) is 11.3 Å². The second-order valence-electron chi connectivity index (χ2n) is 7.81. The van der Waals surface area contributed by atoms with Crippen molar-refractivity contribution < 1.29 is 14.4 Å². The van der Waals surface area contributed by atoms with Gasteiger partial charge in [0.2, 0.25) is 0 Å². The standard InChI is InChI=1S/C21H24BNO3/c1-20(2)21(3,4)26-22(25-20)18-9-5-15(6-10-18)13-17(14-23)16-7-11-19(24)12-8-16/h5-12,17,24H,13H2,1-4H3. The predicted octanol–water partition coefficient (Wildman–Crippen LogP) is 3.54. The van der Waals surface area contributed by atoms with Crippen LogP contribution in [-0.2, 0) is 15.7 Å². The van der Waals surface area contributed by atoms with Gasteiger partial charge in [0.1, 0.15) is 5.75 Å². The fraction of sp³-hybridized carbons (Fsp3) is 0.381. The van der Waals surface area contributed by atoms with Crippen LogP contribution in [0.3, 0.4) is 0 Å². The molecule has 0 bridgehead atoms. The van der Waals surface area contributed by atoms with E-state index < -0.39 is 0 Å². The summed E-state index contributed by atoms with van der Waals surface area (Å²) in [5, 5.41) is 18.9. The lowest BCUT2D eigenvalue weighted by molar-refractivity contribution is 0.00578. The van der Waals surface area contributed by atoms with E-state index in [-0.39, 0.29) is 30.0 Å². The van der Waals surface area contributed by atoms with Crippen molar-refractivity contribution in [3.8, 4) is 11.8 Å². The second kappa shape index (κ2) is 6.79. The maximum Gasteiger partial charge on any atom is 0.494 e. The molecule has 4 nitrogen and oxygen atoms in total. The van der Waals surface area contributed by atoms with Crippen LogP contribution in [0.5, 0.6) is 5.75 Å². The molecule has 26 heavy (non-hydrogen) atoms. The molecule has 3 rings (SSSR count). The summed E-state index contributed by atoms with van der Waals surface area (Å²) >= 11 is 0. The molecule has 1 saturated heterocycles. The number of phenols is 1. The third kappa shape index (κ3) is 3.62. The van der Waals surface area contributed by atoms with Crippen molar-refractivity contribution >= 4 is 12.6 Å². The van der Waals surface area contributed by atoms with Crippen LogP contribution in [0.4, 0.5) is 0 Å². The highest BCUT2D eigenvalue weighted by molar-refractivity contribution is 6.62. The Morgan fingerprint density at radius 2 is 1.50 bits per heavy atom. The van der Waals surface area contributed by atoms with Gasteiger partial charge in [0.25, 0.3) is 0 Å². The Kier molecular flexibility index (Phi) is 4.83. The smallest absolute Gasteiger partial charge is 0.494 e. The molecule has 134 valence electrons. The molecule has 2 aromatic rings. The highest BCUT2D eigenvalue weighted by Gasteiger charge is 2.51. The molecular weight excluding hydrogens is 325 g/mol. The van der Waals surface area contributed by atoms with E-state index in [4.69, 9.17) is 9.31 Å². The zero-order valence-electron chi connectivity index (χ0n) is 15.7. The molecule has 2 aromatic carbocycles. The Labute approximate surface area is 155 Å². The van der Waals surface area contributed by atoms with E-state index in [0.29, 0.717) is 6.42 Å². The Morgan fingerprint density at radius 1 is 0.962 bits per heavy atom. The predicted molar refractivity (Wildman–Crippen MR) is 102 cm³/mol. The molecule has 1 fully saturated rings. The van der Waals surface area contributed by atoms with Crippen molar-refractivity contribution in [3.63, 3.8) is 0 Å². The number of hydrogen-bond donors (Lipinski definition) is 1. The van der Waals surface area contributed by atoms with Crippen LogP contribution in [-0.4, -0.2) is 23.4 Å². The van der Waals surface area contributed by atoms with Crippen LogP contribution in [0.2, 0.25) is 0 Å². The fourth-order valence-corrected chi connectivity index (χ4v) is 2.97. The summed E-state index contributed by atoms with van der Waals surface area (Å²) in [6, 6.07) is 17.2. The number of phenolic OH excluding ortho intramolecular Hbond substituents is 1. The second-order valence-corrected chi connectivity index (χ2v) is 7.81. The van der Waals surface area contributed by atoms with Crippen LogP contribution < -0.4 is 5.46 Å². The van der Waals surface area contributed by atoms with E-state index in [9.17, 15) is 10.4 Å². The Morgan fingerprint density at radius 3 is 2.00 bits per heavy atom. The molecule has 0 aliphatic carbocycles. The molecule has 0 aromatic heterocycles. The lowest BCUT2D eigenvalue weighted by atomic mass is 9.78. The van der Waals surface area contributed by atoms with Gasteiger partial charge in [-0.25, -0.2) is 0 Å². The molecule has 1 N–H and O–H groups in total. The molecule has 1 unspecified atom stereocenters. The van der Waals surface area contributed by atoms with E-state index in [2.05, 4.69) is 6.07 Å². The van der Waals surface area contributed by atoms with Gasteiger partial charge in [-0.2, -0.15) is 5.26 Å². The zero-order chi connectivity index (χ0) is 18.9. The molecule has 0 spiro atoms. The van der Waals surface area contributed by atoms with Crippen LogP contribution >= 0.6 is 0 Å². The quantitative estimate of drug-likeness (QED) is 0.858. The third-order valence-electron chi connectivity index (χ3n) is 5.40. The lowest BCUT2D eigenvalue weighted by Gasteiger charge is -2.32. The summed E-state index contributed by atoms with van der Waals surface area (Å²) in [7, 11) is -0.377. The van der Waals surface area contributed by atoms with Gasteiger partial charge in [0.15, 0.2) is 0 Å². The van der Waals surface area contributed by atoms with Crippen molar-refractivity contribution in [1.82, 2.24) is 0 Å². The molecule has 1 atom stereocenters. The molecule has 0 saturated carbocycles. The molecule has 1 heterocycles. The highest BCUT2D eigenvalue weighted by atomic mass is 16.7. The van der Waals surface area contributed by atoms with Gasteiger partial charge in [-0.1, -0.05) is 36.4 Å². The summed E-state index contributed by atoms with van der Waals surface area (Å²) in [6.45, 7) is 8.15. The van der Waals surface area contributed by atoms with Crippen molar-refractivity contribution in [3.05, 3.63) is 59.7 Å². The van der Waals surface area contributed by atoms with E-state index in [0.717, 1.165) is 16.6 Å². The first-order chi connectivity index (χ1) is 12.2. The molecule has 0 amide bonds. The van der Waals surface area contributed by atoms with Crippen molar-refractivity contribution in [2.75, 3.05) is 0 Å². The van der Waals surface area contributed by atoms with Crippen LogP contribution in [0.25, 0.3) is 0 Å². The largest absolute Gasteiger partial charge is 0.508 e. The highest BCUT2D eigenvalue weighted by Crippen LogP contribution is 2.36. The van der Waals surface area contributed by atoms with Crippen molar-refractivity contribution in [2.45, 2.75) is 51.2 Å². The topological polar surface area (TPSA) is 62.5 Å². The van der Waals surface area contributed by atoms with E-state index >= 15 is 0 Å². The zero-order valence-corrected chi connectivity index (χ0v) is 15.7. The van der Waals surface area contributed by atoms with Gasteiger partial charge in [-0.3, -0.25) is 0 Å².